The smallest absolute Gasteiger partial charge is 0.255 e. The van der Waals surface area contributed by atoms with E-state index < -0.39 is 6.04 Å². The predicted octanol–water partition coefficient (Wildman–Crippen LogP) is 5.89. The average Bonchev–Trinajstić information content (AvgIpc) is 3.41. The second-order valence-electron chi connectivity index (χ2n) is 8.83. The summed E-state index contributed by atoms with van der Waals surface area (Å²) in [6.07, 6.45) is 0. The maximum absolute atomic E-state index is 13.8. The van der Waals surface area contributed by atoms with Crippen LogP contribution in [-0.4, -0.2) is 39.8 Å². The topological polar surface area (TPSA) is 112 Å². The molecule has 0 saturated heterocycles. The van der Waals surface area contributed by atoms with Crippen molar-refractivity contribution in [2.24, 2.45) is 0 Å². The molecule has 40 heavy (non-hydrogen) atoms. The molecule has 0 fully saturated rings. The molecule has 0 bridgehead atoms. The van der Waals surface area contributed by atoms with Gasteiger partial charge in [0.1, 0.15) is 18.4 Å². The fourth-order valence-corrected chi connectivity index (χ4v) is 4.89. The lowest BCUT2D eigenvalue weighted by Crippen LogP contribution is -2.31. The van der Waals surface area contributed by atoms with Crippen LogP contribution < -0.4 is 24.8 Å². The van der Waals surface area contributed by atoms with E-state index in [0.717, 1.165) is 5.56 Å². The number of amides is 1. The van der Waals surface area contributed by atoms with Crippen molar-refractivity contribution in [3.05, 3.63) is 93.1 Å². The van der Waals surface area contributed by atoms with Gasteiger partial charge in [0, 0.05) is 21.3 Å². The van der Waals surface area contributed by atoms with Crippen LogP contribution in [0.1, 0.15) is 31.0 Å². The minimum Gasteiger partial charge on any atom is -0.493 e. The van der Waals surface area contributed by atoms with Gasteiger partial charge in [0.05, 0.1) is 25.0 Å². The first-order chi connectivity index (χ1) is 19.4. The van der Waals surface area contributed by atoms with Crippen molar-refractivity contribution in [3.8, 4) is 17.2 Å². The first-order valence-corrected chi connectivity index (χ1v) is 13.2. The zero-order valence-electron chi connectivity index (χ0n) is 21.9. The van der Waals surface area contributed by atoms with Crippen LogP contribution in [-0.2, 0) is 11.4 Å². The summed E-state index contributed by atoms with van der Waals surface area (Å²) in [4.78, 5) is 13.8. The van der Waals surface area contributed by atoms with Crippen molar-refractivity contribution in [3.63, 3.8) is 0 Å². The molecule has 4 aromatic rings. The molecule has 10 nitrogen and oxygen atoms in total. The molecule has 3 aromatic carbocycles. The van der Waals surface area contributed by atoms with E-state index in [1.165, 1.54) is 0 Å². The molecular weight excluding hydrogens is 555 g/mol. The number of nitrogens with one attached hydrogen (secondary N) is 2. The first kappa shape index (κ1) is 27.3. The minimum absolute atomic E-state index is 0.210. The fourth-order valence-electron chi connectivity index (χ4n) is 4.42. The Bertz CT molecular complexity index is 1590. The lowest BCUT2D eigenvalue weighted by Gasteiger charge is -2.28. The average molecular weight is 581 g/mol. The Balaban J connectivity index is 1.47. The van der Waals surface area contributed by atoms with Gasteiger partial charge < -0.3 is 24.8 Å². The van der Waals surface area contributed by atoms with Crippen molar-refractivity contribution in [2.75, 3.05) is 24.4 Å². The van der Waals surface area contributed by atoms with Gasteiger partial charge in [-0.2, -0.15) is 4.68 Å². The number of benzene rings is 3. The number of allylic oxidation sites excluding steroid dienone is 1. The summed E-state index contributed by atoms with van der Waals surface area (Å²) >= 11 is 12.3. The summed E-state index contributed by atoms with van der Waals surface area (Å²) in [6.45, 7) is 4.36. The minimum atomic E-state index is -0.654. The lowest BCUT2D eigenvalue weighted by atomic mass is 9.94. The first-order valence-electron chi connectivity index (χ1n) is 12.4. The van der Waals surface area contributed by atoms with Gasteiger partial charge in [-0.05, 0) is 66.2 Å². The van der Waals surface area contributed by atoms with Gasteiger partial charge in [-0.15, -0.1) is 0 Å². The number of hydrogen-bond donors (Lipinski definition) is 2. The Morgan fingerprint density at radius 1 is 1.05 bits per heavy atom. The number of ether oxygens (including phenoxy) is 3. The molecule has 0 radical (unpaired) electrons. The van der Waals surface area contributed by atoms with E-state index >= 15 is 0 Å². The summed E-state index contributed by atoms with van der Waals surface area (Å²) in [6, 6.07) is 17.3. The normalized spacial score (nSPS) is 14.3. The molecule has 2 N–H and O–H groups in total. The van der Waals surface area contributed by atoms with Gasteiger partial charge in [0.15, 0.2) is 11.5 Å². The molecule has 1 aliphatic rings. The predicted molar refractivity (Wildman–Crippen MR) is 152 cm³/mol. The number of rotatable bonds is 9. The number of fused-ring (bicyclic) bond motifs is 1. The lowest BCUT2D eigenvalue weighted by molar-refractivity contribution is -0.113. The number of para-hydroxylation sites is 2. The number of aromatic nitrogens is 4. The van der Waals surface area contributed by atoms with Crippen LogP contribution in [0.3, 0.4) is 0 Å². The second kappa shape index (κ2) is 11.8. The number of carbonyl (C=O) groups excluding carboxylic acids is 1. The molecule has 1 amide bonds. The monoisotopic (exact) mass is 580 g/mol. The Morgan fingerprint density at radius 3 is 2.65 bits per heavy atom. The second-order valence-corrected chi connectivity index (χ2v) is 9.67. The van der Waals surface area contributed by atoms with Crippen LogP contribution >= 0.6 is 23.2 Å². The molecule has 1 unspecified atom stereocenters. The highest BCUT2D eigenvalue weighted by molar-refractivity contribution is 6.35. The van der Waals surface area contributed by atoms with Crippen LogP contribution in [0.2, 0.25) is 10.0 Å². The molecule has 1 aromatic heterocycles. The molecule has 0 spiro atoms. The van der Waals surface area contributed by atoms with E-state index in [0.29, 0.717) is 62.4 Å². The van der Waals surface area contributed by atoms with Crippen LogP contribution in [0.5, 0.6) is 17.2 Å². The molecule has 0 saturated carbocycles. The third kappa shape index (κ3) is 5.54. The van der Waals surface area contributed by atoms with Crippen molar-refractivity contribution in [1.29, 1.82) is 0 Å². The number of tetrazole rings is 1. The Labute approximate surface area is 240 Å². The highest BCUT2D eigenvalue weighted by Gasteiger charge is 2.35. The molecule has 12 heteroatoms. The number of hydrogen-bond acceptors (Lipinski definition) is 8. The number of methoxy groups -OCH3 is 1. The number of nitrogens with zero attached hydrogens (tertiary/aromatic N) is 4. The van der Waals surface area contributed by atoms with E-state index in [2.05, 4.69) is 26.2 Å². The summed E-state index contributed by atoms with van der Waals surface area (Å²) in [7, 11) is 1.55. The molecule has 5 rings (SSSR count). The van der Waals surface area contributed by atoms with E-state index in [1.807, 2.05) is 31.2 Å². The molecule has 2 heterocycles. The summed E-state index contributed by atoms with van der Waals surface area (Å²) in [5, 5.41) is 19.2. The Hall–Kier alpha value is -4.28. The van der Waals surface area contributed by atoms with Crippen LogP contribution in [0.25, 0.3) is 0 Å². The van der Waals surface area contributed by atoms with E-state index in [4.69, 9.17) is 37.4 Å². The largest absolute Gasteiger partial charge is 0.493 e. The van der Waals surface area contributed by atoms with Gasteiger partial charge >= 0.3 is 0 Å². The zero-order chi connectivity index (χ0) is 28.2. The van der Waals surface area contributed by atoms with E-state index in [9.17, 15) is 4.79 Å². The maximum Gasteiger partial charge on any atom is 0.255 e. The van der Waals surface area contributed by atoms with Crippen molar-refractivity contribution in [1.82, 2.24) is 20.2 Å². The summed E-state index contributed by atoms with van der Waals surface area (Å²) in [5.41, 5.74) is 3.08. The third-order valence-corrected chi connectivity index (χ3v) is 6.88. The van der Waals surface area contributed by atoms with Gasteiger partial charge in [0.25, 0.3) is 5.91 Å². The maximum atomic E-state index is 13.8. The van der Waals surface area contributed by atoms with Gasteiger partial charge in [-0.25, -0.2) is 0 Å². The van der Waals surface area contributed by atoms with Gasteiger partial charge in [-0.1, -0.05) is 52.6 Å². The molecule has 1 aliphatic heterocycles. The van der Waals surface area contributed by atoms with Gasteiger partial charge in [-0.3, -0.25) is 4.79 Å². The van der Waals surface area contributed by atoms with Crippen molar-refractivity contribution < 1.29 is 19.0 Å². The number of halogens is 2. The molecular formula is C28H26Cl2N6O4. The quantitative estimate of drug-likeness (QED) is 0.252. The summed E-state index contributed by atoms with van der Waals surface area (Å²) in [5.74, 6) is 1.62. The Morgan fingerprint density at radius 2 is 1.88 bits per heavy atom. The van der Waals surface area contributed by atoms with E-state index in [1.54, 1.807) is 55.1 Å². The highest BCUT2D eigenvalue weighted by atomic mass is 35.5. The SMILES string of the molecule is CCOc1ccccc1NC(=O)C1=C(C)Nc2nnnn2C1c1ccc(OCc2ccc(Cl)cc2Cl)c(OC)c1. The third-order valence-electron chi connectivity index (χ3n) is 6.30. The van der Waals surface area contributed by atoms with Gasteiger partial charge in [0.2, 0.25) is 5.95 Å². The number of anilines is 2. The van der Waals surface area contributed by atoms with Crippen LogP contribution in [0.4, 0.5) is 11.6 Å². The standard InChI is InChI=1S/C28H26Cl2N6O4/c1-4-39-22-8-6-5-7-21(22)32-27(37)25-16(2)31-28-33-34-35-36(28)26(25)17-10-12-23(24(13-17)38-3)40-15-18-9-11-19(29)14-20(18)30/h5-14,26H,4,15H2,1-3H3,(H,32,37)(H,31,33,35). The summed E-state index contributed by atoms with van der Waals surface area (Å²) < 4.78 is 18.9. The van der Waals surface area contributed by atoms with Crippen molar-refractivity contribution in [2.45, 2.75) is 26.5 Å². The highest BCUT2D eigenvalue weighted by Crippen LogP contribution is 2.39. The Kier molecular flexibility index (Phi) is 8.09. The van der Waals surface area contributed by atoms with Crippen LogP contribution in [0.15, 0.2) is 71.9 Å². The van der Waals surface area contributed by atoms with Crippen LogP contribution in [0, 0.1) is 0 Å². The molecule has 1 atom stereocenters. The molecule has 206 valence electrons. The number of carbonyl (C=O) groups is 1. The van der Waals surface area contributed by atoms with Crippen molar-refractivity contribution >= 4 is 40.7 Å². The fraction of sp³-hybridized carbons (Fsp3) is 0.214. The zero-order valence-corrected chi connectivity index (χ0v) is 23.5. The van der Waals surface area contributed by atoms with E-state index in [-0.39, 0.29) is 12.5 Å². The molecule has 0 aliphatic carbocycles.